The first-order chi connectivity index (χ1) is 7.67. The van der Waals surface area contributed by atoms with E-state index in [2.05, 4.69) is 38.2 Å². The van der Waals surface area contributed by atoms with Gasteiger partial charge in [-0.3, -0.25) is 0 Å². The van der Waals surface area contributed by atoms with Crippen LogP contribution in [0.2, 0.25) is 0 Å². The van der Waals surface area contributed by atoms with Crippen LogP contribution in [0, 0.1) is 11.8 Å². The molecule has 1 aliphatic carbocycles. The first-order valence-electron chi connectivity index (χ1n) is 7.03. The molecule has 0 bridgehead atoms. The minimum atomic E-state index is 0.789. The lowest BCUT2D eigenvalue weighted by atomic mass is 9.99. The number of nitrogens with zero attached hydrogens (tertiary/aromatic N) is 1. The highest BCUT2D eigenvalue weighted by molar-refractivity contribution is 4.82. The number of nitrogens with one attached hydrogen (secondary N) is 1. The molecule has 0 aromatic carbocycles. The third-order valence-electron chi connectivity index (χ3n) is 4.23. The van der Waals surface area contributed by atoms with E-state index in [0.717, 1.165) is 17.9 Å². The topological polar surface area (TPSA) is 15.3 Å². The molecule has 0 aromatic rings. The summed E-state index contributed by atoms with van der Waals surface area (Å²) in [7, 11) is 4.39. The molecule has 3 unspecified atom stereocenters. The molecule has 0 aliphatic heterocycles. The van der Waals surface area contributed by atoms with Crippen molar-refractivity contribution in [2.45, 2.75) is 52.0 Å². The van der Waals surface area contributed by atoms with Gasteiger partial charge < -0.3 is 10.2 Å². The van der Waals surface area contributed by atoms with Crippen molar-refractivity contribution < 1.29 is 0 Å². The van der Waals surface area contributed by atoms with Gasteiger partial charge in [0.05, 0.1) is 0 Å². The van der Waals surface area contributed by atoms with Gasteiger partial charge in [0.2, 0.25) is 0 Å². The minimum absolute atomic E-state index is 0.789. The van der Waals surface area contributed by atoms with E-state index in [4.69, 9.17) is 0 Å². The number of rotatable bonds is 7. The van der Waals surface area contributed by atoms with Gasteiger partial charge in [-0.15, -0.1) is 0 Å². The zero-order chi connectivity index (χ0) is 12.0. The fourth-order valence-electron chi connectivity index (χ4n) is 2.90. The van der Waals surface area contributed by atoms with Crippen LogP contribution in [0.15, 0.2) is 0 Å². The minimum Gasteiger partial charge on any atom is -0.317 e. The van der Waals surface area contributed by atoms with Crippen molar-refractivity contribution in [2.75, 3.05) is 27.2 Å². The third-order valence-corrected chi connectivity index (χ3v) is 4.23. The summed E-state index contributed by atoms with van der Waals surface area (Å²) < 4.78 is 0. The highest BCUT2D eigenvalue weighted by Crippen LogP contribution is 2.28. The van der Waals surface area contributed by atoms with E-state index in [1.807, 2.05) is 0 Å². The molecule has 0 heterocycles. The highest BCUT2D eigenvalue weighted by Gasteiger charge is 2.25. The zero-order valence-electron chi connectivity index (χ0n) is 11.6. The fourth-order valence-corrected chi connectivity index (χ4v) is 2.90. The normalized spacial score (nSPS) is 27.6. The van der Waals surface area contributed by atoms with Gasteiger partial charge in [-0.05, 0) is 51.7 Å². The predicted molar refractivity (Wildman–Crippen MR) is 71.8 cm³/mol. The molecule has 1 N–H and O–H groups in total. The third kappa shape index (κ3) is 4.42. The summed E-state index contributed by atoms with van der Waals surface area (Å²) in [6, 6.07) is 0.789. The van der Waals surface area contributed by atoms with Gasteiger partial charge in [0, 0.05) is 12.6 Å². The van der Waals surface area contributed by atoms with E-state index in [0.29, 0.717) is 0 Å². The fraction of sp³-hybridized carbons (Fsp3) is 1.00. The van der Waals surface area contributed by atoms with Crippen LogP contribution in [0.1, 0.15) is 46.0 Å². The van der Waals surface area contributed by atoms with E-state index >= 15 is 0 Å². The van der Waals surface area contributed by atoms with E-state index in [1.165, 1.54) is 45.2 Å². The van der Waals surface area contributed by atoms with E-state index < -0.39 is 0 Å². The molecule has 0 radical (unpaired) electrons. The summed E-state index contributed by atoms with van der Waals surface area (Å²) in [5.74, 6) is 1.76. The second-order valence-corrected chi connectivity index (χ2v) is 5.65. The van der Waals surface area contributed by atoms with Gasteiger partial charge in [0.1, 0.15) is 0 Å². The Balaban J connectivity index is 2.18. The lowest BCUT2D eigenvalue weighted by Crippen LogP contribution is -2.32. The lowest BCUT2D eigenvalue weighted by Gasteiger charge is -2.24. The maximum atomic E-state index is 3.47. The quantitative estimate of drug-likeness (QED) is 0.718. The van der Waals surface area contributed by atoms with Crippen molar-refractivity contribution in [3.63, 3.8) is 0 Å². The summed E-state index contributed by atoms with van der Waals surface area (Å²) in [6.07, 6.45) is 6.91. The van der Waals surface area contributed by atoms with E-state index in [9.17, 15) is 0 Å². The Kier molecular flexibility index (Phi) is 6.37. The molecule has 1 rings (SSSR count). The van der Waals surface area contributed by atoms with Crippen LogP contribution in [-0.2, 0) is 0 Å². The van der Waals surface area contributed by atoms with Crippen molar-refractivity contribution in [3.05, 3.63) is 0 Å². The molecule has 1 saturated carbocycles. The molecule has 3 atom stereocenters. The predicted octanol–water partition coefficient (Wildman–Crippen LogP) is 2.74. The van der Waals surface area contributed by atoms with Gasteiger partial charge in [-0.2, -0.15) is 0 Å². The average Bonchev–Trinajstić information content (AvgIpc) is 2.73. The zero-order valence-corrected chi connectivity index (χ0v) is 11.6. The van der Waals surface area contributed by atoms with Crippen LogP contribution >= 0.6 is 0 Å². The van der Waals surface area contributed by atoms with Crippen LogP contribution in [0.5, 0.6) is 0 Å². The van der Waals surface area contributed by atoms with Crippen molar-refractivity contribution in [1.29, 1.82) is 0 Å². The first-order valence-corrected chi connectivity index (χ1v) is 7.03. The maximum absolute atomic E-state index is 3.47. The highest BCUT2D eigenvalue weighted by atomic mass is 15.1. The van der Waals surface area contributed by atoms with Crippen LogP contribution < -0.4 is 5.32 Å². The van der Waals surface area contributed by atoms with Crippen molar-refractivity contribution >= 4 is 0 Å². The van der Waals surface area contributed by atoms with Crippen LogP contribution in [0.4, 0.5) is 0 Å². The summed E-state index contributed by atoms with van der Waals surface area (Å²) in [4.78, 5) is 2.51. The van der Waals surface area contributed by atoms with Gasteiger partial charge in [-0.1, -0.05) is 26.7 Å². The SMILES string of the molecule is CCC(C)CN(C)CCC1CCCC1NC. The Labute approximate surface area is 102 Å². The Bertz CT molecular complexity index is 182. The van der Waals surface area contributed by atoms with Crippen LogP contribution in [0.25, 0.3) is 0 Å². The molecule has 2 heteroatoms. The summed E-state index contributed by atoms with van der Waals surface area (Å²) >= 11 is 0. The number of hydrogen-bond donors (Lipinski definition) is 1. The largest absolute Gasteiger partial charge is 0.317 e. The monoisotopic (exact) mass is 226 g/mol. The average molecular weight is 226 g/mol. The Morgan fingerprint density at radius 1 is 1.38 bits per heavy atom. The Hall–Kier alpha value is -0.0800. The van der Waals surface area contributed by atoms with Gasteiger partial charge in [0.15, 0.2) is 0 Å². The number of hydrogen-bond acceptors (Lipinski definition) is 2. The molecule has 16 heavy (non-hydrogen) atoms. The van der Waals surface area contributed by atoms with Crippen LogP contribution in [0.3, 0.4) is 0 Å². The van der Waals surface area contributed by atoms with E-state index in [1.54, 1.807) is 0 Å². The van der Waals surface area contributed by atoms with Gasteiger partial charge in [-0.25, -0.2) is 0 Å². The second-order valence-electron chi connectivity index (χ2n) is 5.65. The Morgan fingerprint density at radius 3 is 2.75 bits per heavy atom. The van der Waals surface area contributed by atoms with Gasteiger partial charge in [0.25, 0.3) is 0 Å². The molecule has 1 aliphatic rings. The van der Waals surface area contributed by atoms with Crippen LogP contribution in [-0.4, -0.2) is 38.1 Å². The molecule has 96 valence electrons. The standard InChI is InChI=1S/C14H30N2/c1-5-12(2)11-16(4)10-9-13-7-6-8-14(13)15-3/h12-15H,5-11H2,1-4H3. The smallest absolute Gasteiger partial charge is 0.00928 e. The molecular formula is C14H30N2. The Morgan fingerprint density at radius 2 is 2.12 bits per heavy atom. The lowest BCUT2D eigenvalue weighted by molar-refractivity contribution is 0.251. The molecular weight excluding hydrogens is 196 g/mol. The van der Waals surface area contributed by atoms with Crippen molar-refractivity contribution in [2.24, 2.45) is 11.8 Å². The molecule has 0 amide bonds. The summed E-state index contributed by atoms with van der Waals surface area (Å²) in [5.41, 5.74) is 0. The molecule has 0 aromatic heterocycles. The molecule has 0 spiro atoms. The summed E-state index contributed by atoms with van der Waals surface area (Å²) in [5, 5.41) is 3.47. The van der Waals surface area contributed by atoms with E-state index in [-0.39, 0.29) is 0 Å². The molecule has 1 fully saturated rings. The maximum Gasteiger partial charge on any atom is 0.00928 e. The van der Waals surface area contributed by atoms with Gasteiger partial charge >= 0.3 is 0 Å². The van der Waals surface area contributed by atoms with Crippen molar-refractivity contribution in [3.8, 4) is 0 Å². The molecule has 0 saturated heterocycles. The molecule has 2 nitrogen and oxygen atoms in total. The first kappa shape index (κ1) is 14.0. The van der Waals surface area contributed by atoms with Crippen molar-refractivity contribution in [1.82, 2.24) is 10.2 Å². The summed E-state index contributed by atoms with van der Waals surface area (Å²) in [6.45, 7) is 7.16. The second kappa shape index (κ2) is 7.29.